The van der Waals surface area contributed by atoms with Gasteiger partial charge in [0, 0.05) is 17.0 Å². The van der Waals surface area contributed by atoms with E-state index in [-0.39, 0.29) is 5.54 Å². The maximum absolute atomic E-state index is 11.0. The molecule has 0 aliphatic carbocycles. The molecule has 18 heavy (non-hydrogen) atoms. The average molecular weight is 263 g/mol. The number of amides is 1. The summed E-state index contributed by atoms with van der Waals surface area (Å²) in [5.74, 6) is 0.658. The third-order valence-electron chi connectivity index (χ3n) is 2.78. The topological polar surface area (TPSA) is 67.5 Å². The van der Waals surface area contributed by atoms with Gasteiger partial charge >= 0.3 is 0 Å². The van der Waals surface area contributed by atoms with Crippen LogP contribution < -0.4 is 11.1 Å². The molecule has 0 radical (unpaired) electrons. The van der Waals surface area contributed by atoms with Crippen molar-refractivity contribution in [3.05, 3.63) is 29.8 Å². The van der Waals surface area contributed by atoms with E-state index in [1.165, 1.54) is 0 Å². The Morgan fingerprint density at radius 1 is 1.39 bits per heavy atom. The predicted molar refractivity (Wildman–Crippen MR) is 77.2 cm³/mol. The highest BCUT2D eigenvalue weighted by Gasteiger charge is 2.22. The number of hydrogen-bond donors (Lipinski definition) is 2. The Bertz CT molecular complexity index is 480. The van der Waals surface area contributed by atoms with E-state index in [0.717, 1.165) is 23.0 Å². The van der Waals surface area contributed by atoms with Gasteiger partial charge in [-0.2, -0.15) is 0 Å². The molecule has 0 spiro atoms. The van der Waals surface area contributed by atoms with Gasteiger partial charge in [-0.1, -0.05) is 11.8 Å². The first-order valence-electron chi connectivity index (χ1n) is 5.86. The first kappa shape index (κ1) is 13.0. The molecule has 1 heterocycles. The summed E-state index contributed by atoms with van der Waals surface area (Å²) in [6.45, 7) is 4.26. The molecule has 0 saturated heterocycles. The number of nitrogens with zero attached hydrogens (tertiary/aromatic N) is 1. The number of benzene rings is 1. The van der Waals surface area contributed by atoms with Crippen LogP contribution in [-0.4, -0.2) is 22.4 Å². The second-order valence-corrected chi connectivity index (χ2v) is 5.98. The van der Waals surface area contributed by atoms with Gasteiger partial charge in [-0.3, -0.25) is 9.79 Å². The lowest BCUT2D eigenvalue weighted by Crippen LogP contribution is -2.27. The van der Waals surface area contributed by atoms with E-state index in [0.29, 0.717) is 5.56 Å². The van der Waals surface area contributed by atoms with Crippen LogP contribution in [0.1, 0.15) is 30.6 Å². The van der Waals surface area contributed by atoms with E-state index in [1.54, 1.807) is 23.9 Å². The third-order valence-corrected chi connectivity index (χ3v) is 3.65. The van der Waals surface area contributed by atoms with Crippen LogP contribution >= 0.6 is 11.8 Å². The molecule has 5 heteroatoms. The van der Waals surface area contributed by atoms with E-state index in [2.05, 4.69) is 24.2 Å². The minimum absolute atomic E-state index is 0.000743. The number of nitrogens with one attached hydrogen (secondary N) is 1. The summed E-state index contributed by atoms with van der Waals surface area (Å²) in [4.78, 5) is 15.6. The van der Waals surface area contributed by atoms with Gasteiger partial charge in [-0.25, -0.2) is 0 Å². The highest BCUT2D eigenvalue weighted by atomic mass is 32.2. The van der Waals surface area contributed by atoms with E-state index < -0.39 is 5.91 Å². The first-order chi connectivity index (χ1) is 8.46. The molecule has 4 nitrogen and oxygen atoms in total. The number of rotatable bonds is 2. The summed E-state index contributed by atoms with van der Waals surface area (Å²) in [5, 5.41) is 4.19. The molecule has 1 aromatic rings. The van der Waals surface area contributed by atoms with Gasteiger partial charge < -0.3 is 11.1 Å². The van der Waals surface area contributed by atoms with Gasteiger partial charge in [0.1, 0.15) is 0 Å². The van der Waals surface area contributed by atoms with Gasteiger partial charge in [-0.15, -0.1) is 0 Å². The highest BCUT2D eigenvalue weighted by molar-refractivity contribution is 8.14. The van der Waals surface area contributed by atoms with E-state index in [1.807, 2.05) is 12.1 Å². The molecule has 1 aliphatic rings. The van der Waals surface area contributed by atoms with Crippen molar-refractivity contribution >= 4 is 28.5 Å². The van der Waals surface area contributed by atoms with E-state index in [4.69, 9.17) is 5.73 Å². The van der Waals surface area contributed by atoms with Crippen LogP contribution in [0.15, 0.2) is 29.3 Å². The Hall–Kier alpha value is -1.49. The SMILES string of the molecule is CC1(C)CCSC(Nc2ccc(C(N)=O)cc2)=N1. The Balaban J connectivity index is 2.10. The molecule has 2 rings (SSSR count). The zero-order valence-corrected chi connectivity index (χ0v) is 11.4. The van der Waals surface area contributed by atoms with Gasteiger partial charge in [0.2, 0.25) is 5.91 Å². The van der Waals surface area contributed by atoms with Crippen molar-refractivity contribution in [3.63, 3.8) is 0 Å². The number of hydrogen-bond acceptors (Lipinski definition) is 4. The lowest BCUT2D eigenvalue weighted by atomic mass is 10.0. The van der Waals surface area contributed by atoms with Crippen molar-refractivity contribution in [2.75, 3.05) is 11.1 Å². The molecule has 0 atom stereocenters. The van der Waals surface area contributed by atoms with Crippen molar-refractivity contribution in [2.24, 2.45) is 10.7 Å². The number of anilines is 1. The Morgan fingerprint density at radius 3 is 2.61 bits per heavy atom. The average Bonchev–Trinajstić information content (AvgIpc) is 2.28. The van der Waals surface area contributed by atoms with Crippen LogP contribution in [0.2, 0.25) is 0 Å². The van der Waals surface area contributed by atoms with Gasteiger partial charge in [0.15, 0.2) is 5.17 Å². The lowest BCUT2D eigenvalue weighted by molar-refractivity contribution is 0.100. The first-order valence-corrected chi connectivity index (χ1v) is 6.84. The third kappa shape index (κ3) is 3.26. The number of aliphatic imine (C=N–C) groups is 1. The molecule has 0 bridgehead atoms. The second-order valence-electron chi connectivity index (χ2n) is 4.89. The van der Waals surface area contributed by atoms with Crippen molar-refractivity contribution in [1.82, 2.24) is 0 Å². The normalized spacial score (nSPS) is 18.0. The molecule has 0 saturated carbocycles. The van der Waals surface area contributed by atoms with Crippen molar-refractivity contribution in [3.8, 4) is 0 Å². The number of nitrogens with two attached hydrogens (primary N) is 1. The van der Waals surface area contributed by atoms with E-state index >= 15 is 0 Å². The van der Waals surface area contributed by atoms with Crippen molar-refractivity contribution in [1.29, 1.82) is 0 Å². The van der Waals surface area contributed by atoms with Crippen LogP contribution in [-0.2, 0) is 0 Å². The molecule has 1 aliphatic heterocycles. The maximum Gasteiger partial charge on any atom is 0.248 e. The predicted octanol–water partition coefficient (Wildman–Crippen LogP) is 2.47. The summed E-state index contributed by atoms with van der Waals surface area (Å²) in [6.07, 6.45) is 1.09. The second kappa shape index (κ2) is 5.02. The summed E-state index contributed by atoms with van der Waals surface area (Å²) in [7, 11) is 0. The standard InChI is InChI=1S/C13H17N3OS/c1-13(2)7-8-18-12(16-13)15-10-5-3-9(4-6-10)11(14)17/h3-6H,7-8H2,1-2H3,(H2,14,17)(H,15,16). The van der Waals surface area contributed by atoms with Crippen LogP contribution in [0.4, 0.5) is 5.69 Å². The molecular formula is C13H17N3OS. The summed E-state index contributed by atoms with van der Waals surface area (Å²) in [5.41, 5.74) is 6.63. The Morgan fingerprint density at radius 2 is 2.06 bits per heavy atom. The fourth-order valence-electron chi connectivity index (χ4n) is 1.67. The zero-order chi connectivity index (χ0) is 13.2. The molecule has 0 unspecified atom stereocenters. The van der Waals surface area contributed by atoms with Crippen LogP contribution in [0.25, 0.3) is 0 Å². The molecule has 96 valence electrons. The molecule has 3 N–H and O–H groups in total. The molecule has 0 aromatic heterocycles. The van der Waals surface area contributed by atoms with Gasteiger partial charge in [-0.05, 0) is 44.5 Å². The number of primary amides is 1. The fourth-order valence-corrected chi connectivity index (χ4v) is 2.96. The fraction of sp³-hybridized carbons (Fsp3) is 0.385. The van der Waals surface area contributed by atoms with Crippen LogP contribution in [0.5, 0.6) is 0 Å². The lowest BCUT2D eigenvalue weighted by Gasteiger charge is -2.26. The Labute approximate surface area is 111 Å². The quantitative estimate of drug-likeness (QED) is 0.861. The monoisotopic (exact) mass is 263 g/mol. The highest BCUT2D eigenvalue weighted by Crippen LogP contribution is 2.26. The number of thioether (sulfide) groups is 1. The van der Waals surface area contributed by atoms with Gasteiger partial charge in [0.05, 0.1) is 5.54 Å². The molecular weight excluding hydrogens is 246 g/mol. The summed E-state index contributed by atoms with van der Waals surface area (Å²) in [6, 6.07) is 7.10. The smallest absolute Gasteiger partial charge is 0.248 e. The number of carbonyl (C=O) groups excluding carboxylic acids is 1. The van der Waals surface area contributed by atoms with Crippen molar-refractivity contribution in [2.45, 2.75) is 25.8 Å². The Kier molecular flexibility index (Phi) is 3.61. The summed E-state index contributed by atoms with van der Waals surface area (Å²) < 4.78 is 0. The zero-order valence-electron chi connectivity index (χ0n) is 10.6. The number of carbonyl (C=O) groups is 1. The van der Waals surface area contributed by atoms with Crippen LogP contribution in [0.3, 0.4) is 0 Å². The molecule has 0 fully saturated rings. The number of amidine groups is 1. The summed E-state index contributed by atoms with van der Waals surface area (Å²) >= 11 is 1.72. The largest absolute Gasteiger partial charge is 0.366 e. The van der Waals surface area contributed by atoms with Gasteiger partial charge in [0.25, 0.3) is 0 Å². The molecule has 1 amide bonds. The molecule has 1 aromatic carbocycles. The van der Waals surface area contributed by atoms with E-state index in [9.17, 15) is 4.79 Å². The van der Waals surface area contributed by atoms with Crippen LogP contribution in [0, 0.1) is 0 Å². The van der Waals surface area contributed by atoms with Crippen molar-refractivity contribution < 1.29 is 4.79 Å². The minimum atomic E-state index is -0.410. The minimum Gasteiger partial charge on any atom is -0.366 e. The maximum atomic E-state index is 11.0.